The summed E-state index contributed by atoms with van der Waals surface area (Å²) in [6, 6.07) is 8.38. The molecule has 1 aromatic rings. The average Bonchev–Trinajstić information content (AvgIpc) is 2.91. The van der Waals surface area contributed by atoms with Crippen molar-refractivity contribution in [2.24, 2.45) is 5.92 Å². The molecule has 1 aliphatic carbocycles. The molecule has 1 fully saturated rings. The maximum Gasteiger partial charge on any atom is 0.141 e. The highest BCUT2D eigenvalue weighted by Gasteiger charge is 2.28. The molecule has 0 bridgehead atoms. The molecule has 2 nitrogen and oxygen atoms in total. The molecule has 2 aliphatic rings. The van der Waals surface area contributed by atoms with Crippen molar-refractivity contribution in [1.82, 2.24) is 5.32 Å². The number of carbonyl (C=O) groups excluding carboxylic acids is 1. The van der Waals surface area contributed by atoms with Crippen LogP contribution in [0.5, 0.6) is 0 Å². The molecule has 3 rings (SSSR count). The Labute approximate surface area is 109 Å². The van der Waals surface area contributed by atoms with Gasteiger partial charge >= 0.3 is 0 Å². The van der Waals surface area contributed by atoms with E-state index < -0.39 is 0 Å². The molecule has 1 aliphatic heterocycles. The van der Waals surface area contributed by atoms with Gasteiger partial charge in [-0.3, -0.25) is 4.79 Å². The summed E-state index contributed by atoms with van der Waals surface area (Å²) >= 11 is 0. The number of nitrogens with one attached hydrogen (secondary N) is 1. The lowest BCUT2D eigenvalue weighted by atomic mass is 9.84. The van der Waals surface area contributed by atoms with Crippen LogP contribution in [0.3, 0.4) is 0 Å². The maximum absolute atomic E-state index is 12.5. The van der Waals surface area contributed by atoms with Gasteiger partial charge in [-0.2, -0.15) is 0 Å². The van der Waals surface area contributed by atoms with E-state index >= 15 is 0 Å². The highest BCUT2D eigenvalue weighted by Crippen LogP contribution is 2.32. The third-order valence-electron chi connectivity index (χ3n) is 4.45. The summed E-state index contributed by atoms with van der Waals surface area (Å²) in [5.41, 5.74) is 2.56. The molecule has 0 amide bonds. The third-order valence-corrected chi connectivity index (χ3v) is 4.45. The van der Waals surface area contributed by atoms with E-state index in [0.717, 1.165) is 19.5 Å². The van der Waals surface area contributed by atoms with Gasteiger partial charge in [0.05, 0.1) is 5.92 Å². The minimum Gasteiger partial charge on any atom is -0.312 e. The molecule has 0 aromatic heterocycles. The fourth-order valence-corrected chi connectivity index (χ4v) is 3.42. The molecule has 1 unspecified atom stereocenters. The zero-order chi connectivity index (χ0) is 12.4. The Bertz CT molecular complexity index is 434. The van der Waals surface area contributed by atoms with Crippen LogP contribution in [0, 0.1) is 5.92 Å². The zero-order valence-corrected chi connectivity index (χ0v) is 10.8. The fourth-order valence-electron chi connectivity index (χ4n) is 3.42. The smallest absolute Gasteiger partial charge is 0.141 e. The molecule has 0 radical (unpaired) electrons. The standard InChI is InChI=1S/C16H21NO/c18-16(9-12-5-1-2-6-12)15-11-17-10-13-7-3-4-8-14(13)15/h3-4,7-8,12,15,17H,1-2,5-6,9-11H2. The largest absolute Gasteiger partial charge is 0.312 e. The molecule has 18 heavy (non-hydrogen) atoms. The number of Topliss-reactive ketones (excluding diaryl/α,β-unsaturated/α-hetero) is 1. The number of benzene rings is 1. The first-order chi connectivity index (χ1) is 8.84. The Morgan fingerprint density at radius 3 is 2.83 bits per heavy atom. The van der Waals surface area contributed by atoms with Crippen molar-refractivity contribution in [2.45, 2.75) is 44.6 Å². The van der Waals surface area contributed by atoms with Gasteiger partial charge in [-0.15, -0.1) is 0 Å². The number of carbonyl (C=O) groups is 1. The summed E-state index contributed by atoms with van der Waals surface area (Å²) in [4.78, 5) is 12.5. The predicted octanol–water partition coefficient (Wildman–Crippen LogP) is 3.02. The van der Waals surface area contributed by atoms with Crippen molar-refractivity contribution in [3.63, 3.8) is 0 Å². The van der Waals surface area contributed by atoms with Crippen LogP contribution in [0.2, 0.25) is 0 Å². The molecule has 0 saturated heterocycles. The number of hydrogen-bond acceptors (Lipinski definition) is 2. The van der Waals surface area contributed by atoms with Crippen LogP contribution in [0.4, 0.5) is 0 Å². The molecule has 0 spiro atoms. The summed E-state index contributed by atoms with van der Waals surface area (Å²) in [5, 5.41) is 3.38. The van der Waals surface area contributed by atoms with E-state index in [1.54, 1.807) is 0 Å². The predicted molar refractivity (Wildman–Crippen MR) is 72.5 cm³/mol. The highest BCUT2D eigenvalue weighted by atomic mass is 16.1. The van der Waals surface area contributed by atoms with Gasteiger partial charge in [0.25, 0.3) is 0 Å². The summed E-state index contributed by atoms with van der Waals surface area (Å²) in [7, 11) is 0. The van der Waals surface area contributed by atoms with Crippen molar-refractivity contribution < 1.29 is 4.79 Å². The normalized spacial score (nSPS) is 23.9. The van der Waals surface area contributed by atoms with E-state index in [1.807, 2.05) is 0 Å². The van der Waals surface area contributed by atoms with Gasteiger partial charge in [0.1, 0.15) is 5.78 Å². The van der Waals surface area contributed by atoms with Crippen molar-refractivity contribution in [3.05, 3.63) is 35.4 Å². The van der Waals surface area contributed by atoms with Gasteiger partial charge < -0.3 is 5.32 Å². The van der Waals surface area contributed by atoms with Crippen molar-refractivity contribution in [3.8, 4) is 0 Å². The van der Waals surface area contributed by atoms with Gasteiger partial charge in [0.15, 0.2) is 0 Å². The Morgan fingerprint density at radius 2 is 2.00 bits per heavy atom. The molecule has 2 heteroatoms. The zero-order valence-electron chi connectivity index (χ0n) is 10.8. The number of fused-ring (bicyclic) bond motifs is 1. The molecule has 96 valence electrons. The third kappa shape index (κ3) is 2.35. The van der Waals surface area contributed by atoms with Crippen molar-refractivity contribution in [2.75, 3.05) is 6.54 Å². The summed E-state index contributed by atoms with van der Waals surface area (Å²) < 4.78 is 0. The number of rotatable bonds is 3. The summed E-state index contributed by atoms with van der Waals surface area (Å²) in [5.74, 6) is 1.20. The Kier molecular flexibility index (Phi) is 3.46. The summed E-state index contributed by atoms with van der Waals surface area (Å²) in [6.45, 7) is 1.73. The molecule has 1 heterocycles. The second kappa shape index (κ2) is 5.23. The van der Waals surface area contributed by atoms with Crippen LogP contribution >= 0.6 is 0 Å². The van der Waals surface area contributed by atoms with Crippen LogP contribution in [-0.2, 0) is 11.3 Å². The van der Waals surface area contributed by atoms with Gasteiger partial charge in [-0.05, 0) is 17.0 Å². The van der Waals surface area contributed by atoms with Crippen LogP contribution in [-0.4, -0.2) is 12.3 Å². The lowest BCUT2D eigenvalue weighted by Gasteiger charge is -2.26. The van der Waals surface area contributed by atoms with Crippen LogP contribution in [0.15, 0.2) is 24.3 Å². The average molecular weight is 243 g/mol. The SMILES string of the molecule is O=C(CC1CCCC1)C1CNCc2ccccc21. The maximum atomic E-state index is 12.5. The Balaban J connectivity index is 1.74. The van der Waals surface area contributed by atoms with Crippen molar-refractivity contribution in [1.29, 1.82) is 0 Å². The molecule has 1 saturated carbocycles. The minimum atomic E-state index is 0.0931. The lowest BCUT2D eigenvalue weighted by molar-refractivity contribution is -0.121. The summed E-state index contributed by atoms with van der Waals surface area (Å²) in [6.07, 6.45) is 5.94. The van der Waals surface area contributed by atoms with E-state index in [4.69, 9.17) is 0 Å². The molecular weight excluding hydrogens is 222 g/mol. The van der Waals surface area contributed by atoms with Gasteiger partial charge in [0.2, 0.25) is 0 Å². The molecule has 1 aromatic carbocycles. The first-order valence-electron chi connectivity index (χ1n) is 7.16. The monoisotopic (exact) mass is 243 g/mol. The van der Waals surface area contributed by atoms with Crippen molar-refractivity contribution >= 4 is 5.78 Å². The van der Waals surface area contributed by atoms with Gasteiger partial charge in [0, 0.05) is 19.5 Å². The first kappa shape index (κ1) is 11.9. The van der Waals surface area contributed by atoms with Crippen LogP contribution in [0.1, 0.15) is 49.1 Å². The van der Waals surface area contributed by atoms with E-state index in [2.05, 4.69) is 29.6 Å². The quantitative estimate of drug-likeness (QED) is 0.884. The molecular formula is C16H21NO. The Morgan fingerprint density at radius 1 is 1.22 bits per heavy atom. The lowest BCUT2D eigenvalue weighted by Crippen LogP contribution is -2.33. The van der Waals surface area contributed by atoms with Crippen LogP contribution < -0.4 is 5.32 Å². The molecule has 1 N–H and O–H groups in total. The van der Waals surface area contributed by atoms with Crippen LogP contribution in [0.25, 0.3) is 0 Å². The highest BCUT2D eigenvalue weighted by molar-refractivity contribution is 5.86. The minimum absolute atomic E-state index is 0.0931. The topological polar surface area (TPSA) is 29.1 Å². The number of hydrogen-bond donors (Lipinski definition) is 1. The second-order valence-electron chi connectivity index (χ2n) is 5.70. The first-order valence-corrected chi connectivity index (χ1v) is 7.16. The van der Waals surface area contributed by atoms with E-state index in [-0.39, 0.29) is 5.92 Å². The van der Waals surface area contributed by atoms with E-state index in [0.29, 0.717) is 11.7 Å². The van der Waals surface area contributed by atoms with Gasteiger partial charge in [-0.25, -0.2) is 0 Å². The van der Waals surface area contributed by atoms with E-state index in [1.165, 1.54) is 36.8 Å². The van der Waals surface area contributed by atoms with Gasteiger partial charge in [-0.1, -0.05) is 49.9 Å². The molecule has 1 atom stereocenters. The van der Waals surface area contributed by atoms with E-state index in [9.17, 15) is 4.79 Å². The fraction of sp³-hybridized carbons (Fsp3) is 0.562. The Hall–Kier alpha value is -1.15. The number of ketones is 1. The second-order valence-corrected chi connectivity index (χ2v) is 5.70.